The van der Waals surface area contributed by atoms with Gasteiger partial charge >= 0.3 is 0 Å². The van der Waals surface area contributed by atoms with Crippen LogP contribution in [0.3, 0.4) is 0 Å². The van der Waals surface area contributed by atoms with Crippen LogP contribution in [0.5, 0.6) is 0 Å². The van der Waals surface area contributed by atoms with Gasteiger partial charge < -0.3 is 15.2 Å². The van der Waals surface area contributed by atoms with E-state index in [2.05, 4.69) is 15.5 Å². The Morgan fingerprint density at radius 1 is 1.02 bits per heavy atom. The molecule has 3 aromatic rings. The number of hydrogen-bond acceptors (Lipinski definition) is 6. The lowest BCUT2D eigenvalue weighted by Gasteiger charge is -2.29. The summed E-state index contributed by atoms with van der Waals surface area (Å²) in [6.45, 7) is 7.16. The molecule has 4 atom stereocenters. The number of carbonyl (C=O) groups excluding carboxylic acids is 2. The van der Waals surface area contributed by atoms with Crippen LogP contribution in [0, 0.1) is 25.7 Å². The number of Topliss-reactive ketones (excluding diaryl/α,β-unsaturated/α-hetero) is 1. The average Bonchev–Trinajstić information content (AvgIpc) is 3.61. The monoisotopic (exact) mass is 563 g/mol. The number of fused-ring (bicyclic) bond motifs is 1. The molecule has 212 valence electrons. The van der Waals surface area contributed by atoms with Gasteiger partial charge in [-0.05, 0) is 67.5 Å². The first kappa shape index (κ1) is 28.2. The van der Waals surface area contributed by atoms with E-state index in [4.69, 9.17) is 5.14 Å². The van der Waals surface area contributed by atoms with Gasteiger partial charge in [-0.15, -0.1) is 0 Å². The van der Waals surface area contributed by atoms with E-state index >= 15 is 0 Å². The number of ketones is 1. The van der Waals surface area contributed by atoms with E-state index in [9.17, 15) is 18.0 Å². The molecule has 1 amide bonds. The Bertz CT molecular complexity index is 1500. The molecule has 9 nitrogen and oxygen atoms in total. The van der Waals surface area contributed by atoms with Crippen molar-refractivity contribution < 1.29 is 18.0 Å². The molecule has 0 radical (unpaired) electrons. The summed E-state index contributed by atoms with van der Waals surface area (Å²) in [5.74, 6) is 0.433. The summed E-state index contributed by atoms with van der Waals surface area (Å²) in [6, 6.07) is 17.9. The molecule has 2 aliphatic heterocycles. The van der Waals surface area contributed by atoms with Crippen molar-refractivity contribution in [3.05, 3.63) is 88.6 Å². The van der Waals surface area contributed by atoms with Crippen molar-refractivity contribution in [3.8, 4) is 0 Å². The summed E-state index contributed by atoms with van der Waals surface area (Å²) in [5.41, 5.74) is 3.95. The van der Waals surface area contributed by atoms with Crippen LogP contribution in [-0.4, -0.2) is 61.8 Å². The Balaban J connectivity index is 1.38. The van der Waals surface area contributed by atoms with Gasteiger partial charge in [0.25, 0.3) is 15.9 Å². The molecule has 2 aliphatic rings. The van der Waals surface area contributed by atoms with Gasteiger partial charge in [-0.3, -0.25) is 14.5 Å². The molecule has 5 rings (SSSR count). The third-order valence-corrected chi connectivity index (χ3v) is 9.46. The van der Waals surface area contributed by atoms with E-state index in [-0.39, 0.29) is 34.5 Å². The second kappa shape index (κ2) is 11.3. The summed E-state index contributed by atoms with van der Waals surface area (Å²) in [4.78, 5) is 29.7. The highest BCUT2D eigenvalue weighted by Gasteiger charge is 2.48. The van der Waals surface area contributed by atoms with E-state index in [1.54, 1.807) is 0 Å². The SMILES string of the molecule is Cc1cccc(C)c1C(=O)[C@@H]1[C@@H]2CNCC2CN1CCC(NC(=O)c1ccc(S(N)(=O)=O)n1C)c1ccccc1. The van der Waals surface area contributed by atoms with Gasteiger partial charge in [-0.1, -0.05) is 48.5 Å². The topological polar surface area (TPSA) is 127 Å². The minimum absolute atomic E-state index is 0.126. The number of aryl methyl sites for hydroxylation is 2. The second-order valence-electron chi connectivity index (χ2n) is 11.0. The number of nitrogens with zero attached hydrogens (tertiary/aromatic N) is 2. The molecule has 40 heavy (non-hydrogen) atoms. The minimum atomic E-state index is -3.96. The molecule has 2 aromatic carbocycles. The van der Waals surface area contributed by atoms with Crippen molar-refractivity contribution in [1.82, 2.24) is 20.1 Å². The molecule has 10 heteroatoms. The molecule has 0 saturated carbocycles. The zero-order chi connectivity index (χ0) is 28.6. The summed E-state index contributed by atoms with van der Waals surface area (Å²) < 4.78 is 25.1. The standard InChI is InChI=1S/C30H37N5O4S/c1-19-8-7-9-20(2)27(19)29(36)28-23-17-32-16-22(23)18-35(28)15-14-24(21-10-5-4-6-11-21)33-30(37)25-12-13-26(34(25)3)40(31,38)39/h4-13,22-24,28,32H,14-18H2,1-3H3,(H,33,37)(H2,31,38,39)/t22?,23-,24?,28+/m1/s1. The van der Waals surface area contributed by atoms with Gasteiger partial charge in [0.15, 0.2) is 10.8 Å². The molecular formula is C30H37N5O4S. The fraction of sp³-hybridized carbons (Fsp3) is 0.400. The molecule has 2 fully saturated rings. The van der Waals surface area contributed by atoms with E-state index in [0.29, 0.717) is 18.9 Å². The maximum Gasteiger partial charge on any atom is 0.268 e. The van der Waals surface area contributed by atoms with Crippen LogP contribution in [0.2, 0.25) is 0 Å². The summed E-state index contributed by atoms with van der Waals surface area (Å²) >= 11 is 0. The highest BCUT2D eigenvalue weighted by molar-refractivity contribution is 7.89. The molecule has 0 aliphatic carbocycles. The lowest BCUT2D eigenvalue weighted by Crippen LogP contribution is -2.43. The average molecular weight is 564 g/mol. The molecule has 0 bridgehead atoms. The third kappa shape index (κ3) is 5.49. The van der Waals surface area contributed by atoms with Crippen molar-refractivity contribution >= 4 is 21.7 Å². The molecule has 4 N–H and O–H groups in total. The Morgan fingerprint density at radius 3 is 2.38 bits per heavy atom. The van der Waals surface area contributed by atoms with Gasteiger partial charge in [0.05, 0.1) is 12.1 Å². The number of aromatic nitrogens is 1. The second-order valence-corrected chi connectivity index (χ2v) is 12.5. The van der Waals surface area contributed by atoms with Crippen molar-refractivity contribution in [3.63, 3.8) is 0 Å². The first-order valence-electron chi connectivity index (χ1n) is 13.7. The first-order chi connectivity index (χ1) is 19.1. The van der Waals surface area contributed by atoms with E-state index in [0.717, 1.165) is 41.9 Å². The van der Waals surface area contributed by atoms with Crippen molar-refractivity contribution in [2.24, 2.45) is 24.0 Å². The van der Waals surface area contributed by atoms with Crippen LogP contribution in [0.25, 0.3) is 0 Å². The molecule has 2 unspecified atom stereocenters. The van der Waals surface area contributed by atoms with Gasteiger partial charge in [-0.25, -0.2) is 13.6 Å². The Labute approximate surface area is 235 Å². The first-order valence-corrected chi connectivity index (χ1v) is 15.2. The highest BCUT2D eigenvalue weighted by Crippen LogP contribution is 2.36. The number of carbonyl (C=O) groups is 2. The third-order valence-electron chi connectivity index (χ3n) is 8.47. The highest BCUT2D eigenvalue weighted by atomic mass is 32.2. The fourth-order valence-corrected chi connectivity index (χ4v) is 7.23. The minimum Gasteiger partial charge on any atom is -0.344 e. The lowest BCUT2D eigenvalue weighted by atomic mass is 9.86. The Kier molecular flexibility index (Phi) is 7.96. The van der Waals surface area contributed by atoms with Gasteiger partial charge in [-0.2, -0.15) is 0 Å². The summed E-state index contributed by atoms with van der Waals surface area (Å²) in [7, 11) is -2.45. The summed E-state index contributed by atoms with van der Waals surface area (Å²) in [6.07, 6.45) is 0.589. The van der Waals surface area contributed by atoms with Crippen LogP contribution in [0.1, 0.15) is 50.0 Å². The predicted molar refractivity (Wildman–Crippen MR) is 154 cm³/mol. The van der Waals surface area contributed by atoms with Crippen LogP contribution in [-0.2, 0) is 17.1 Å². The molecule has 0 spiro atoms. The van der Waals surface area contributed by atoms with Crippen molar-refractivity contribution in [1.29, 1.82) is 0 Å². The van der Waals surface area contributed by atoms with Gasteiger partial charge in [0.1, 0.15) is 5.69 Å². The summed E-state index contributed by atoms with van der Waals surface area (Å²) in [5, 5.41) is 11.8. The smallest absolute Gasteiger partial charge is 0.268 e. The maximum atomic E-state index is 14.0. The van der Waals surface area contributed by atoms with Gasteiger partial charge in [0, 0.05) is 32.2 Å². The number of primary sulfonamides is 1. The fourth-order valence-electron chi connectivity index (χ4n) is 6.49. The van der Waals surface area contributed by atoms with Crippen LogP contribution in [0.15, 0.2) is 65.7 Å². The lowest BCUT2D eigenvalue weighted by molar-refractivity contribution is 0.0818. The number of amides is 1. The number of sulfonamides is 1. The molecule has 1 aromatic heterocycles. The van der Waals surface area contributed by atoms with E-state index in [1.165, 1.54) is 23.7 Å². The molecule has 3 heterocycles. The van der Waals surface area contributed by atoms with E-state index < -0.39 is 15.9 Å². The predicted octanol–water partition coefficient (Wildman–Crippen LogP) is 2.55. The molecule has 2 saturated heterocycles. The van der Waals surface area contributed by atoms with Crippen LogP contribution >= 0.6 is 0 Å². The number of rotatable bonds is 9. The maximum absolute atomic E-state index is 14.0. The number of benzene rings is 2. The molecular weight excluding hydrogens is 526 g/mol. The quantitative estimate of drug-likeness (QED) is 0.344. The largest absolute Gasteiger partial charge is 0.344 e. The number of nitrogens with two attached hydrogens (primary N) is 1. The number of hydrogen-bond donors (Lipinski definition) is 3. The van der Waals surface area contributed by atoms with E-state index in [1.807, 2.05) is 62.4 Å². The zero-order valence-corrected chi connectivity index (χ0v) is 23.9. The normalized spacial score (nSPS) is 21.8. The number of nitrogens with one attached hydrogen (secondary N) is 2. The number of likely N-dealkylation sites (tertiary alicyclic amines) is 1. The van der Waals surface area contributed by atoms with Crippen LogP contribution in [0.4, 0.5) is 0 Å². The van der Waals surface area contributed by atoms with Crippen molar-refractivity contribution in [2.75, 3.05) is 26.2 Å². The van der Waals surface area contributed by atoms with Gasteiger partial charge in [0.2, 0.25) is 0 Å². The zero-order valence-electron chi connectivity index (χ0n) is 23.1. The Morgan fingerprint density at radius 2 is 1.73 bits per heavy atom. The Hall–Kier alpha value is -3.31. The van der Waals surface area contributed by atoms with Crippen LogP contribution < -0.4 is 15.8 Å². The van der Waals surface area contributed by atoms with Crippen molar-refractivity contribution in [2.45, 2.75) is 37.4 Å².